The van der Waals surface area contributed by atoms with Gasteiger partial charge in [0.15, 0.2) is 0 Å². The second-order valence-electron chi connectivity index (χ2n) is 4.78. The van der Waals surface area contributed by atoms with Crippen LogP contribution >= 0.6 is 0 Å². The molecule has 2 aromatic rings. The van der Waals surface area contributed by atoms with Crippen molar-refractivity contribution in [2.45, 2.75) is 19.4 Å². The van der Waals surface area contributed by atoms with Gasteiger partial charge in [0.25, 0.3) is 0 Å². The van der Waals surface area contributed by atoms with Crippen LogP contribution in [0.4, 0.5) is 0 Å². The zero-order valence-electron chi connectivity index (χ0n) is 12.8. The van der Waals surface area contributed by atoms with E-state index in [1.807, 2.05) is 30.5 Å². The van der Waals surface area contributed by atoms with E-state index >= 15 is 0 Å². The quantitative estimate of drug-likeness (QED) is 0.849. The Kier molecular flexibility index (Phi) is 5.58. The zero-order chi connectivity index (χ0) is 15.1. The Morgan fingerprint density at radius 3 is 2.67 bits per heavy atom. The van der Waals surface area contributed by atoms with E-state index in [4.69, 9.17) is 9.47 Å². The molecule has 4 heteroatoms. The van der Waals surface area contributed by atoms with Crippen molar-refractivity contribution in [3.63, 3.8) is 0 Å². The number of aromatic nitrogens is 1. The zero-order valence-corrected chi connectivity index (χ0v) is 12.8. The Morgan fingerprint density at radius 1 is 1.19 bits per heavy atom. The molecule has 0 bridgehead atoms. The van der Waals surface area contributed by atoms with Gasteiger partial charge in [0.05, 0.1) is 14.2 Å². The third-order valence-electron chi connectivity index (χ3n) is 3.43. The number of rotatable bonds is 7. The Morgan fingerprint density at radius 2 is 2.05 bits per heavy atom. The Labute approximate surface area is 126 Å². The number of methoxy groups -OCH3 is 2. The molecular weight excluding hydrogens is 264 g/mol. The average molecular weight is 286 g/mol. The van der Waals surface area contributed by atoms with Gasteiger partial charge in [-0.2, -0.15) is 0 Å². The minimum absolute atomic E-state index is 0.157. The number of benzene rings is 1. The standard InChI is InChI=1S/C17H22N2O2/c1-4-19-16(10-13-6-5-9-18-12-13)15-11-14(20-2)7-8-17(15)21-3/h5-9,11-12,16,19H,4,10H2,1-3H3. The molecule has 0 radical (unpaired) electrons. The number of nitrogens with zero attached hydrogens (tertiary/aromatic N) is 1. The van der Waals surface area contributed by atoms with Gasteiger partial charge in [0, 0.05) is 24.0 Å². The van der Waals surface area contributed by atoms with E-state index in [9.17, 15) is 0 Å². The summed E-state index contributed by atoms with van der Waals surface area (Å²) >= 11 is 0. The third kappa shape index (κ3) is 3.95. The molecule has 112 valence electrons. The Bertz CT molecular complexity index is 558. The minimum atomic E-state index is 0.157. The summed E-state index contributed by atoms with van der Waals surface area (Å²) in [6.45, 7) is 2.98. The first-order valence-corrected chi connectivity index (χ1v) is 7.12. The molecule has 0 aliphatic heterocycles. The molecule has 1 atom stereocenters. The van der Waals surface area contributed by atoms with Crippen LogP contribution in [-0.4, -0.2) is 25.7 Å². The molecule has 0 fully saturated rings. The van der Waals surface area contributed by atoms with E-state index in [0.717, 1.165) is 30.0 Å². The fourth-order valence-electron chi connectivity index (χ4n) is 2.40. The molecule has 0 saturated carbocycles. The van der Waals surface area contributed by atoms with Gasteiger partial charge in [0.1, 0.15) is 11.5 Å². The van der Waals surface area contributed by atoms with Crippen LogP contribution in [0.15, 0.2) is 42.7 Å². The molecule has 0 saturated heterocycles. The first-order chi connectivity index (χ1) is 10.3. The average Bonchev–Trinajstić information content (AvgIpc) is 2.55. The first kappa shape index (κ1) is 15.3. The van der Waals surface area contributed by atoms with Crippen molar-refractivity contribution in [3.05, 3.63) is 53.9 Å². The van der Waals surface area contributed by atoms with Crippen LogP contribution in [0.1, 0.15) is 24.1 Å². The van der Waals surface area contributed by atoms with E-state index in [0.29, 0.717) is 0 Å². The summed E-state index contributed by atoms with van der Waals surface area (Å²) < 4.78 is 10.8. The van der Waals surface area contributed by atoms with E-state index in [2.05, 4.69) is 23.3 Å². The number of nitrogens with one attached hydrogen (secondary N) is 1. The number of likely N-dealkylation sites (N-methyl/N-ethyl adjacent to an activating group) is 1. The van der Waals surface area contributed by atoms with Gasteiger partial charge in [-0.1, -0.05) is 13.0 Å². The topological polar surface area (TPSA) is 43.4 Å². The summed E-state index contributed by atoms with van der Waals surface area (Å²) in [6.07, 6.45) is 4.54. The number of hydrogen-bond acceptors (Lipinski definition) is 4. The summed E-state index contributed by atoms with van der Waals surface area (Å²) in [5.74, 6) is 1.70. The SMILES string of the molecule is CCNC(Cc1cccnc1)c1cc(OC)ccc1OC. The van der Waals surface area contributed by atoms with Crippen LogP contribution < -0.4 is 14.8 Å². The summed E-state index contributed by atoms with van der Waals surface area (Å²) in [4.78, 5) is 4.18. The summed E-state index contributed by atoms with van der Waals surface area (Å²) in [7, 11) is 3.37. The fourth-order valence-corrected chi connectivity index (χ4v) is 2.40. The molecule has 0 spiro atoms. The number of pyridine rings is 1. The summed E-state index contributed by atoms with van der Waals surface area (Å²) in [6, 6.07) is 10.1. The lowest BCUT2D eigenvalue weighted by molar-refractivity contribution is 0.389. The van der Waals surface area contributed by atoms with Crippen molar-refractivity contribution in [2.75, 3.05) is 20.8 Å². The lowest BCUT2D eigenvalue weighted by atomic mass is 9.98. The summed E-state index contributed by atoms with van der Waals surface area (Å²) in [5, 5.41) is 3.51. The van der Waals surface area contributed by atoms with Gasteiger partial charge in [-0.05, 0) is 42.8 Å². The molecule has 0 aliphatic carbocycles. The third-order valence-corrected chi connectivity index (χ3v) is 3.43. The predicted octanol–water partition coefficient (Wildman–Crippen LogP) is 2.99. The van der Waals surface area contributed by atoms with E-state index in [1.54, 1.807) is 20.4 Å². The molecule has 0 aliphatic rings. The fraction of sp³-hybridized carbons (Fsp3) is 0.353. The highest BCUT2D eigenvalue weighted by Gasteiger charge is 2.17. The highest BCUT2D eigenvalue weighted by Crippen LogP contribution is 2.31. The van der Waals surface area contributed by atoms with Gasteiger partial charge in [0.2, 0.25) is 0 Å². The molecular formula is C17H22N2O2. The van der Waals surface area contributed by atoms with Crippen molar-refractivity contribution < 1.29 is 9.47 Å². The molecule has 0 amide bonds. The highest BCUT2D eigenvalue weighted by molar-refractivity contribution is 5.42. The van der Waals surface area contributed by atoms with E-state index < -0.39 is 0 Å². The van der Waals surface area contributed by atoms with Crippen molar-refractivity contribution in [3.8, 4) is 11.5 Å². The maximum absolute atomic E-state index is 5.50. The molecule has 1 N–H and O–H groups in total. The number of hydrogen-bond donors (Lipinski definition) is 1. The van der Waals surface area contributed by atoms with Crippen molar-refractivity contribution >= 4 is 0 Å². The molecule has 1 aromatic carbocycles. The van der Waals surface area contributed by atoms with E-state index in [-0.39, 0.29) is 6.04 Å². The Balaban J connectivity index is 2.32. The second kappa shape index (κ2) is 7.64. The largest absolute Gasteiger partial charge is 0.497 e. The highest BCUT2D eigenvalue weighted by atomic mass is 16.5. The van der Waals surface area contributed by atoms with Crippen molar-refractivity contribution in [1.82, 2.24) is 10.3 Å². The normalized spacial score (nSPS) is 12.0. The first-order valence-electron chi connectivity index (χ1n) is 7.12. The smallest absolute Gasteiger partial charge is 0.123 e. The maximum Gasteiger partial charge on any atom is 0.123 e. The van der Waals surface area contributed by atoms with Crippen molar-refractivity contribution in [1.29, 1.82) is 0 Å². The Hall–Kier alpha value is -2.07. The van der Waals surface area contributed by atoms with Gasteiger partial charge in [-0.25, -0.2) is 0 Å². The van der Waals surface area contributed by atoms with Gasteiger partial charge in [-0.3, -0.25) is 4.98 Å². The van der Waals surface area contributed by atoms with Crippen LogP contribution in [0, 0.1) is 0 Å². The van der Waals surface area contributed by atoms with Crippen LogP contribution in [0.2, 0.25) is 0 Å². The van der Waals surface area contributed by atoms with Crippen LogP contribution in [0.25, 0.3) is 0 Å². The van der Waals surface area contributed by atoms with Gasteiger partial charge >= 0.3 is 0 Å². The van der Waals surface area contributed by atoms with Crippen molar-refractivity contribution in [2.24, 2.45) is 0 Å². The number of ether oxygens (including phenoxy) is 2. The van der Waals surface area contributed by atoms with Gasteiger partial charge < -0.3 is 14.8 Å². The molecule has 21 heavy (non-hydrogen) atoms. The molecule has 1 heterocycles. The lowest BCUT2D eigenvalue weighted by Crippen LogP contribution is -2.23. The summed E-state index contributed by atoms with van der Waals surface area (Å²) in [5.41, 5.74) is 2.29. The van der Waals surface area contributed by atoms with Crippen LogP contribution in [0.5, 0.6) is 11.5 Å². The molecule has 2 rings (SSSR count). The molecule has 4 nitrogen and oxygen atoms in total. The second-order valence-corrected chi connectivity index (χ2v) is 4.78. The van der Waals surface area contributed by atoms with Crippen LogP contribution in [0.3, 0.4) is 0 Å². The van der Waals surface area contributed by atoms with Gasteiger partial charge in [-0.15, -0.1) is 0 Å². The molecule has 1 unspecified atom stereocenters. The van der Waals surface area contributed by atoms with E-state index in [1.165, 1.54) is 5.56 Å². The predicted molar refractivity (Wildman–Crippen MR) is 83.9 cm³/mol. The lowest BCUT2D eigenvalue weighted by Gasteiger charge is -2.21. The van der Waals surface area contributed by atoms with Crippen LogP contribution in [-0.2, 0) is 6.42 Å². The minimum Gasteiger partial charge on any atom is -0.497 e. The maximum atomic E-state index is 5.50. The molecule has 1 aromatic heterocycles. The monoisotopic (exact) mass is 286 g/mol.